The topological polar surface area (TPSA) is 58.9 Å². The molecule has 4 nitrogen and oxygen atoms in total. The molecule has 0 fully saturated rings. The Morgan fingerprint density at radius 1 is 0.682 bits per heavy atom. The number of hydrogen-bond donors (Lipinski definition) is 0. The Hall–Kier alpha value is -1.66. The van der Waals surface area contributed by atoms with Crippen LogP contribution >= 0.6 is 0 Å². The second-order valence-electron chi connectivity index (χ2n) is 4.94. The Bertz CT molecular complexity index is 773. The molecule has 0 saturated carbocycles. The van der Waals surface area contributed by atoms with Crippen molar-refractivity contribution < 1.29 is 8.42 Å². The molecule has 118 valence electrons. The van der Waals surface area contributed by atoms with Crippen LogP contribution in [-0.2, 0) is 19.5 Å². The number of benzene rings is 2. The molecule has 6 heteroatoms. The van der Waals surface area contributed by atoms with Crippen molar-refractivity contribution in [2.24, 2.45) is 8.73 Å². The Labute approximate surface area is 133 Å². The second-order valence-corrected chi connectivity index (χ2v) is 9.61. The molecule has 2 unspecified atom stereocenters. The molecule has 0 saturated heterocycles. The van der Waals surface area contributed by atoms with E-state index in [0.29, 0.717) is 22.9 Å². The van der Waals surface area contributed by atoms with Gasteiger partial charge >= 0.3 is 0 Å². The van der Waals surface area contributed by atoms with E-state index in [9.17, 15) is 8.42 Å². The van der Waals surface area contributed by atoms with Crippen LogP contribution in [0.3, 0.4) is 0 Å². The first kappa shape index (κ1) is 16.7. The summed E-state index contributed by atoms with van der Waals surface area (Å²) in [5.41, 5.74) is 0. The van der Waals surface area contributed by atoms with E-state index in [2.05, 4.69) is 8.73 Å². The third-order valence-corrected chi connectivity index (χ3v) is 6.78. The third kappa shape index (κ3) is 4.42. The van der Waals surface area contributed by atoms with Crippen molar-refractivity contribution in [1.29, 1.82) is 0 Å². The molecule has 2 aromatic rings. The molecule has 0 radical (unpaired) electrons. The first-order valence-electron chi connectivity index (χ1n) is 6.88. The standard InChI is InChI=1S/C16H20N2O2S2/c1-21(19,15-9-5-3-6-10-15)17-13-14-18-22(2,20)16-11-7-4-8-12-16/h3-12H,13-14H2,1-2H3. The maximum absolute atomic E-state index is 12.5. The predicted octanol–water partition coefficient (Wildman–Crippen LogP) is 3.30. The molecule has 2 atom stereocenters. The minimum atomic E-state index is -2.42. The van der Waals surface area contributed by atoms with Crippen LogP contribution in [0.25, 0.3) is 0 Å². The first-order valence-corrected chi connectivity index (χ1v) is 10.7. The summed E-state index contributed by atoms with van der Waals surface area (Å²) in [4.78, 5) is 1.41. The van der Waals surface area contributed by atoms with Crippen LogP contribution < -0.4 is 0 Å². The van der Waals surface area contributed by atoms with E-state index in [1.165, 1.54) is 0 Å². The summed E-state index contributed by atoms with van der Waals surface area (Å²) in [6.45, 7) is 0.587. The Morgan fingerprint density at radius 2 is 1.00 bits per heavy atom. The van der Waals surface area contributed by atoms with E-state index in [-0.39, 0.29) is 0 Å². The molecule has 0 spiro atoms. The zero-order chi connectivity index (χ0) is 16.1. The van der Waals surface area contributed by atoms with E-state index in [4.69, 9.17) is 0 Å². The van der Waals surface area contributed by atoms with Gasteiger partial charge in [0.1, 0.15) is 0 Å². The normalized spacial score (nSPS) is 16.3. The molecule has 0 amide bonds. The van der Waals surface area contributed by atoms with E-state index >= 15 is 0 Å². The van der Waals surface area contributed by atoms with Crippen molar-refractivity contribution in [3.8, 4) is 0 Å². The molecule has 0 heterocycles. The monoisotopic (exact) mass is 336 g/mol. The highest BCUT2D eigenvalue weighted by molar-refractivity contribution is 7.93. The molecule has 0 aromatic heterocycles. The summed E-state index contributed by atoms with van der Waals surface area (Å²) in [5, 5.41) is 0. The van der Waals surface area contributed by atoms with Crippen molar-refractivity contribution in [3.05, 3.63) is 60.7 Å². The summed E-state index contributed by atoms with van der Waals surface area (Å²) in [5.74, 6) is 0. The highest BCUT2D eigenvalue weighted by atomic mass is 32.2. The minimum Gasteiger partial charge on any atom is -0.245 e. The van der Waals surface area contributed by atoms with Gasteiger partial charge < -0.3 is 0 Å². The van der Waals surface area contributed by atoms with Gasteiger partial charge in [-0.3, -0.25) is 0 Å². The summed E-state index contributed by atoms with van der Waals surface area (Å²) < 4.78 is 33.5. The van der Waals surface area contributed by atoms with Crippen LogP contribution in [0.1, 0.15) is 0 Å². The van der Waals surface area contributed by atoms with Gasteiger partial charge in [-0.15, -0.1) is 0 Å². The van der Waals surface area contributed by atoms with Crippen molar-refractivity contribution in [2.75, 3.05) is 25.6 Å². The summed E-state index contributed by atoms with van der Waals surface area (Å²) in [6, 6.07) is 18.3. The third-order valence-electron chi connectivity index (χ3n) is 3.14. The number of rotatable bonds is 5. The molecule has 0 N–H and O–H groups in total. The average molecular weight is 336 g/mol. The molecule has 0 bridgehead atoms. The SMILES string of the molecule is CS(=O)(=NCCN=S(C)(=O)c1ccccc1)c1ccccc1. The van der Waals surface area contributed by atoms with Crippen LogP contribution in [0, 0.1) is 0 Å². The van der Waals surface area contributed by atoms with Crippen molar-refractivity contribution >= 4 is 19.5 Å². The van der Waals surface area contributed by atoms with E-state index < -0.39 is 19.5 Å². The van der Waals surface area contributed by atoms with Crippen molar-refractivity contribution in [1.82, 2.24) is 0 Å². The fourth-order valence-electron chi connectivity index (χ4n) is 1.93. The van der Waals surface area contributed by atoms with Gasteiger partial charge in [0.25, 0.3) is 0 Å². The molecule has 0 aliphatic rings. The molecule has 2 rings (SSSR count). The van der Waals surface area contributed by atoms with Crippen LogP contribution in [0.2, 0.25) is 0 Å². The van der Waals surface area contributed by atoms with E-state index in [1.54, 1.807) is 36.8 Å². The maximum atomic E-state index is 12.5. The van der Waals surface area contributed by atoms with E-state index in [1.807, 2.05) is 36.4 Å². The maximum Gasteiger partial charge on any atom is 0.0723 e. The van der Waals surface area contributed by atoms with Crippen molar-refractivity contribution in [3.63, 3.8) is 0 Å². The zero-order valence-electron chi connectivity index (χ0n) is 12.7. The Balaban J connectivity index is 2.11. The fraction of sp³-hybridized carbons (Fsp3) is 0.250. The first-order chi connectivity index (χ1) is 10.4. The van der Waals surface area contributed by atoms with Crippen LogP contribution in [0.4, 0.5) is 0 Å². The van der Waals surface area contributed by atoms with Gasteiger partial charge in [0, 0.05) is 22.3 Å². The quantitative estimate of drug-likeness (QED) is 0.787. The zero-order valence-corrected chi connectivity index (χ0v) is 14.3. The second kappa shape index (κ2) is 7.07. The lowest BCUT2D eigenvalue weighted by Gasteiger charge is -2.05. The number of nitrogens with zero attached hydrogens (tertiary/aromatic N) is 2. The van der Waals surface area contributed by atoms with Gasteiger partial charge in [-0.05, 0) is 24.3 Å². The van der Waals surface area contributed by atoms with Gasteiger partial charge in [-0.1, -0.05) is 36.4 Å². The average Bonchev–Trinajstić information content (AvgIpc) is 2.53. The van der Waals surface area contributed by atoms with Gasteiger partial charge in [0.2, 0.25) is 0 Å². The summed E-state index contributed by atoms with van der Waals surface area (Å²) in [6.07, 6.45) is 3.23. The lowest BCUT2D eigenvalue weighted by Crippen LogP contribution is -2.03. The fourth-order valence-corrected chi connectivity index (χ4v) is 4.41. The highest BCUT2D eigenvalue weighted by Crippen LogP contribution is 2.12. The molecule has 2 aromatic carbocycles. The van der Waals surface area contributed by atoms with Crippen LogP contribution in [0.5, 0.6) is 0 Å². The Kier molecular flexibility index (Phi) is 5.37. The van der Waals surface area contributed by atoms with Gasteiger partial charge in [-0.2, -0.15) is 0 Å². The summed E-state index contributed by atoms with van der Waals surface area (Å²) >= 11 is 0. The lowest BCUT2D eigenvalue weighted by molar-refractivity contribution is 0.675. The summed E-state index contributed by atoms with van der Waals surface area (Å²) in [7, 11) is -4.84. The highest BCUT2D eigenvalue weighted by Gasteiger charge is 2.05. The molecular weight excluding hydrogens is 316 g/mol. The van der Waals surface area contributed by atoms with Gasteiger partial charge in [0.05, 0.1) is 32.5 Å². The van der Waals surface area contributed by atoms with Crippen LogP contribution in [-0.4, -0.2) is 34.0 Å². The Morgan fingerprint density at radius 3 is 1.32 bits per heavy atom. The van der Waals surface area contributed by atoms with Crippen LogP contribution in [0.15, 0.2) is 79.2 Å². The van der Waals surface area contributed by atoms with Crippen molar-refractivity contribution in [2.45, 2.75) is 9.79 Å². The van der Waals surface area contributed by atoms with Gasteiger partial charge in [-0.25, -0.2) is 17.1 Å². The minimum absolute atomic E-state index is 0.294. The largest absolute Gasteiger partial charge is 0.245 e. The molecule has 0 aliphatic heterocycles. The lowest BCUT2D eigenvalue weighted by atomic mass is 10.4. The molecule has 0 aliphatic carbocycles. The smallest absolute Gasteiger partial charge is 0.0723 e. The predicted molar refractivity (Wildman–Crippen MR) is 92.1 cm³/mol. The van der Waals surface area contributed by atoms with E-state index in [0.717, 1.165) is 0 Å². The molecular formula is C16H20N2O2S2. The molecule has 22 heavy (non-hydrogen) atoms. The number of hydrogen-bond acceptors (Lipinski definition) is 4. The van der Waals surface area contributed by atoms with Gasteiger partial charge in [0.15, 0.2) is 0 Å².